The fourth-order valence-electron chi connectivity index (χ4n) is 3.89. The Morgan fingerprint density at radius 2 is 1.68 bits per heavy atom. The van der Waals surface area contributed by atoms with Gasteiger partial charge in [0.15, 0.2) is 0 Å². The molecule has 0 atom stereocenters. The molecular weight excluding hydrogens is 444 g/mol. The summed E-state index contributed by atoms with van der Waals surface area (Å²) in [6.07, 6.45) is 0. The van der Waals surface area contributed by atoms with Crippen molar-refractivity contribution in [1.29, 1.82) is 0 Å². The van der Waals surface area contributed by atoms with E-state index in [-0.39, 0.29) is 0 Å². The van der Waals surface area contributed by atoms with Crippen LogP contribution in [0.4, 0.5) is 5.69 Å². The molecule has 2 aromatic heterocycles. The van der Waals surface area contributed by atoms with E-state index in [9.17, 15) is 4.79 Å². The number of para-hydroxylation sites is 1. The van der Waals surface area contributed by atoms with Crippen molar-refractivity contribution in [3.05, 3.63) is 94.7 Å². The molecule has 0 N–H and O–H groups in total. The van der Waals surface area contributed by atoms with Gasteiger partial charge in [0.2, 0.25) is 0 Å². The number of hydrogen-bond donors (Lipinski definition) is 0. The van der Waals surface area contributed by atoms with Crippen molar-refractivity contribution in [1.82, 2.24) is 4.98 Å². The molecule has 0 aliphatic rings. The van der Waals surface area contributed by atoms with E-state index in [4.69, 9.17) is 14.1 Å². The summed E-state index contributed by atoms with van der Waals surface area (Å²) in [6, 6.07) is 25.2. The van der Waals surface area contributed by atoms with Crippen LogP contribution in [-0.2, 0) is 0 Å². The average molecular weight is 469 g/mol. The minimum atomic E-state index is -0.415. The molecule has 5 nitrogen and oxygen atoms in total. The van der Waals surface area contributed by atoms with Gasteiger partial charge in [-0.15, -0.1) is 11.3 Å². The fraction of sp³-hybridized carbons (Fsp3) is 0.143. The van der Waals surface area contributed by atoms with E-state index in [2.05, 4.69) is 43.0 Å². The molecule has 5 aromatic rings. The van der Waals surface area contributed by atoms with Crippen molar-refractivity contribution < 1.29 is 9.15 Å². The predicted molar refractivity (Wildman–Crippen MR) is 139 cm³/mol. The van der Waals surface area contributed by atoms with Crippen LogP contribution in [0, 0.1) is 0 Å². The lowest BCUT2D eigenvalue weighted by atomic mass is 10.1. The van der Waals surface area contributed by atoms with Crippen LogP contribution < -0.4 is 15.3 Å². The largest absolute Gasteiger partial charge is 0.457 e. The summed E-state index contributed by atoms with van der Waals surface area (Å²) in [6.45, 7) is 6.23. The third kappa shape index (κ3) is 4.45. The van der Waals surface area contributed by atoms with Crippen molar-refractivity contribution in [3.63, 3.8) is 0 Å². The first-order valence-corrected chi connectivity index (χ1v) is 12.1. The number of thiazole rings is 1. The number of ether oxygens (including phenoxy) is 1. The second-order valence-electron chi connectivity index (χ2n) is 7.82. The van der Waals surface area contributed by atoms with Gasteiger partial charge in [-0.3, -0.25) is 0 Å². The van der Waals surface area contributed by atoms with E-state index in [1.54, 1.807) is 6.07 Å². The average Bonchev–Trinajstić information content (AvgIpc) is 3.35. The standard InChI is InChI=1S/C28H24N2O3S/c1-3-30(4-2)21-13-10-19(11-14-21)25-18-34-27(29-25)24-16-20-12-15-23(17-26(20)33-28(24)31)32-22-8-6-5-7-9-22/h5-18H,3-4H2,1-2H3. The van der Waals surface area contributed by atoms with Crippen LogP contribution in [0.5, 0.6) is 11.5 Å². The summed E-state index contributed by atoms with van der Waals surface area (Å²) < 4.78 is 11.5. The maximum Gasteiger partial charge on any atom is 0.346 e. The van der Waals surface area contributed by atoms with E-state index in [1.165, 1.54) is 17.0 Å². The Labute approximate surface area is 201 Å². The van der Waals surface area contributed by atoms with E-state index in [0.29, 0.717) is 21.9 Å². The van der Waals surface area contributed by atoms with Crippen LogP contribution in [-0.4, -0.2) is 18.1 Å². The molecule has 0 radical (unpaired) electrons. The Morgan fingerprint density at radius 1 is 0.912 bits per heavy atom. The molecule has 0 saturated heterocycles. The maximum atomic E-state index is 12.8. The first-order valence-electron chi connectivity index (χ1n) is 11.3. The fourth-order valence-corrected chi connectivity index (χ4v) is 4.72. The first kappa shape index (κ1) is 21.9. The molecule has 0 bridgehead atoms. The lowest BCUT2D eigenvalue weighted by molar-refractivity contribution is 0.480. The molecule has 0 aliphatic carbocycles. The van der Waals surface area contributed by atoms with Crippen LogP contribution in [0.2, 0.25) is 0 Å². The molecule has 0 saturated carbocycles. The number of rotatable bonds is 7. The summed E-state index contributed by atoms with van der Waals surface area (Å²) >= 11 is 1.44. The Bertz CT molecular complexity index is 1470. The Balaban J connectivity index is 1.42. The van der Waals surface area contributed by atoms with Crippen LogP contribution in [0.1, 0.15) is 13.8 Å². The summed E-state index contributed by atoms with van der Waals surface area (Å²) in [5.74, 6) is 1.33. The summed E-state index contributed by atoms with van der Waals surface area (Å²) in [5, 5.41) is 3.43. The van der Waals surface area contributed by atoms with Crippen LogP contribution >= 0.6 is 11.3 Å². The van der Waals surface area contributed by atoms with Gasteiger partial charge < -0.3 is 14.1 Å². The number of nitrogens with zero attached hydrogens (tertiary/aromatic N) is 2. The normalized spacial score (nSPS) is 11.0. The summed E-state index contributed by atoms with van der Waals surface area (Å²) in [5.41, 5.74) is 3.58. The van der Waals surface area contributed by atoms with E-state index in [1.807, 2.05) is 53.9 Å². The molecular formula is C28H24N2O3S. The summed E-state index contributed by atoms with van der Waals surface area (Å²) in [7, 11) is 0. The van der Waals surface area contributed by atoms with Crippen molar-refractivity contribution in [2.24, 2.45) is 0 Å². The number of anilines is 1. The minimum absolute atomic E-state index is 0.415. The van der Waals surface area contributed by atoms with Crippen molar-refractivity contribution >= 4 is 28.0 Å². The van der Waals surface area contributed by atoms with Crippen molar-refractivity contribution in [2.75, 3.05) is 18.0 Å². The number of aromatic nitrogens is 1. The Hall–Kier alpha value is -3.90. The van der Waals surface area contributed by atoms with Gasteiger partial charge in [0.05, 0.1) is 11.3 Å². The zero-order chi connectivity index (χ0) is 23.5. The van der Waals surface area contributed by atoms with Gasteiger partial charge in [0.1, 0.15) is 22.1 Å². The van der Waals surface area contributed by atoms with Gasteiger partial charge in [-0.1, -0.05) is 30.3 Å². The van der Waals surface area contributed by atoms with E-state index in [0.717, 1.165) is 35.5 Å². The quantitative estimate of drug-likeness (QED) is 0.236. The van der Waals surface area contributed by atoms with Gasteiger partial charge in [-0.25, -0.2) is 9.78 Å². The molecule has 6 heteroatoms. The highest BCUT2D eigenvalue weighted by Crippen LogP contribution is 2.31. The smallest absolute Gasteiger partial charge is 0.346 e. The molecule has 0 amide bonds. The molecule has 5 rings (SSSR count). The lowest BCUT2D eigenvalue weighted by Crippen LogP contribution is -2.21. The molecule has 0 aliphatic heterocycles. The monoisotopic (exact) mass is 468 g/mol. The SMILES string of the molecule is CCN(CC)c1ccc(-c2csc(-c3cc4ccc(Oc5ccccc5)cc4oc3=O)n2)cc1. The molecule has 0 unspecified atom stereocenters. The molecule has 170 valence electrons. The van der Waals surface area contributed by atoms with Gasteiger partial charge in [-0.05, 0) is 56.3 Å². The van der Waals surface area contributed by atoms with E-state index < -0.39 is 5.63 Å². The molecule has 34 heavy (non-hydrogen) atoms. The zero-order valence-corrected chi connectivity index (χ0v) is 19.8. The maximum absolute atomic E-state index is 12.8. The minimum Gasteiger partial charge on any atom is -0.457 e. The molecule has 0 spiro atoms. The number of fused-ring (bicyclic) bond motifs is 1. The third-order valence-corrected chi connectivity index (χ3v) is 6.59. The van der Waals surface area contributed by atoms with Crippen LogP contribution in [0.15, 0.2) is 93.5 Å². The summed E-state index contributed by atoms with van der Waals surface area (Å²) in [4.78, 5) is 19.8. The van der Waals surface area contributed by atoms with E-state index >= 15 is 0 Å². The molecule has 0 fully saturated rings. The molecule has 3 aromatic carbocycles. The highest BCUT2D eigenvalue weighted by atomic mass is 32.1. The van der Waals surface area contributed by atoms with Crippen LogP contribution in [0.25, 0.3) is 32.8 Å². The Morgan fingerprint density at radius 3 is 2.41 bits per heavy atom. The highest BCUT2D eigenvalue weighted by molar-refractivity contribution is 7.13. The first-order chi connectivity index (χ1) is 16.6. The van der Waals surface area contributed by atoms with Gasteiger partial charge in [-0.2, -0.15) is 0 Å². The van der Waals surface area contributed by atoms with Crippen molar-refractivity contribution in [2.45, 2.75) is 13.8 Å². The van der Waals surface area contributed by atoms with Gasteiger partial charge >= 0.3 is 5.63 Å². The lowest BCUT2D eigenvalue weighted by Gasteiger charge is -2.20. The predicted octanol–water partition coefficient (Wildman–Crippen LogP) is 7.22. The highest BCUT2D eigenvalue weighted by Gasteiger charge is 2.14. The third-order valence-electron chi connectivity index (χ3n) is 5.71. The van der Waals surface area contributed by atoms with Gasteiger partial charge in [0, 0.05) is 41.2 Å². The second-order valence-corrected chi connectivity index (χ2v) is 8.68. The molecule has 2 heterocycles. The second kappa shape index (κ2) is 9.53. The number of benzene rings is 3. The van der Waals surface area contributed by atoms with Crippen molar-refractivity contribution in [3.8, 4) is 33.3 Å². The Kier molecular flexibility index (Phi) is 6.14. The van der Waals surface area contributed by atoms with Crippen LogP contribution in [0.3, 0.4) is 0 Å². The topological polar surface area (TPSA) is 55.6 Å². The van der Waals surface area contributed by atoms with Gasteiger partial charge in [0.25, 0.3) is 0 Å². The number of hydrogen-bond acceptors (Lipinski definition) is 6. The zero-order valence-electron chi connectivity index (χ0n) is 19.0.